The predicted molar refractivity (Wildman–Crippen MR) is 93.6 cm³/mol. The molecule has 0 saturated carbocycles. The summed E-state index contributed by atoms with van der Waals surface area (Å²) in [6, 6.07) is 7.01. The molecular formula is C17H16ClN3O6. The summed E-state index contributed by atoms with van der Waals surface area (Å²) >= 11 is 5.69. The van der Waals surface area contributed by atoms with Crippen LogP contribution in [0.25, 0.3) is 11.4 Å². The van der Waals surface area contributed by atoms with E-state index in [9.17, 15) is 9.59 Å². The third-order valence-electron chi connectivity index (χ3n) is 3.83. The number of halogens is 1. The summed E-state index contributed by atoms with van der Waals surface area (Å²) < 4.78 is 20.1. The normalized spacial score (nSPS) is 14.3. The van der Waals surface area contributed by atoms with Crippen LogP contribution in [-0.2, 0) is 29.7 Å². The minimum absolute atomic E-state index is 0.0492. The number of carbonyl (C=O) groups excluding carboxylic acids is 2. The Bertz CT molecular complexity index is 894. The van der Waals surface area contributed by atoms with Gasteiger partial charge in [-0.05, 0) is 12.1 Å². The van der Waals surface area contributed by atoms with Crippen molar-refractivity contribution in [2.24, 2.45) is 0 Å². The molecule has 0 unspecified atom stereocenters. The Kier molecular flexibility index (Phi) is 5.72. The van der Waals surface area contributed by atoms with Gasteiger partial charge in [0, 0.05) is 11.3 Å². The lowest BCUT2D eigenvalue weighted by Gasteiger charge is -2.31. The van der Waals surface area contributed by atoms with Crippen LogP contribution >= 0.6 is 11.6 Å². The van der Waals surface area contributed by atoms with E-state index < -0.39 is 11.9 Å². The van der Waals surface area contributed by atoms with Crippen molar-refractivity contribution in [3.63, 3.8) is 0 Å². The number of alkyl halides is 1. The Morgan fingerprint density at radius 2 is 2.04 bits per heavy atom. The molecule has 2 aromatic rings. The zero-order valence-corrected chi connectivity index (χ0v) is 15.4. The SMILES string of the molecule is COC(=O)C1=C(C(=O)OC)N(c2cccc(-c3noc(CCl)n3)c2)COC1. The molecule has 142 valence electrons. The molecule has 27 heavy (non-hydrogen) atoms. The predicted octanol–water partition coefficient (Wildman–Crippen LogP) is 1.87. The van der Waals surface area contributed by atoms with E-state index in [4.69, 9.17) is 30.3 Å². The molecule has 0 fully saturated rings. The zero-order chi connectivity index (χ0) is 19.4. The van der Waals surface area contributed by atoms with Gasteiger partial charge < -0.3 is 23.6 Å². The van der Waals surface area contributed by atoms with Gasteiger partial charge in [0.2, 0.25) is 11.7 Å². The first-order valence-corrected chi connectivity index (χ1v) is 8.36. The second kappa shape index (κ2) is 8.19. The van der Waals surface area contributed by atoms with E-state index in [-0.39, 0.29) is 30.5 Å². The van der Waals surface area contributed by atoms with Crippen molar-refractivity contribution in [2.75, 3.05) is 32.5 Å². The number of hydrogen-bond donors (Lipinski definition) is 0. The molecule has 1 aromatic carbocycles. The highest BCUT2D eigenvalue weighted by atomic mass is 35.5. The van der Waals surface area contributed by atoms with Gasteiger partial charge in [0.05, 0.1) is 26.4 Å². The molecule has 0 N–H and O–H groups in total. The smallest absolute Gasteiger partial charge is 0.355 e. The minimum atomic E-state index is -0.673. The first-order chi connectivity index (χ1) is 13.1. The lowest BCUT2D eigenvalue weighted by Crippen LogP contribution is -2.38. The van der Waals surface area contributed by atoms with Crippen molar-refractivity contribution in [2.45, 2.75) is 5.88 Å². The molecule has 10 heteroatoms. The van der Waals surface area contributed by atoms with Gasteiger partial charge in [-0.3, -0.25) is 0 Å². The molecule has 3 rings (SSSR count). The maximum Gasteiger partial charge on any atom is 0.355 e. The number of nitrogens with zero attached hydrogens (tertiary/aromatic N) is 3. The van der Waals surface area contributed by atoms with Crippen LogP contribution in [0.1, 0.15) is 5.89 Å². The Morgan fingerprint density at radius 3 is 2.70 bits per heavy atom. The van der Waals surface area contributed by atoms with Gasteiger partial charge in [0.1, 0.15) is 18.3 Å². The fourth-order valence-electron chi connectivity index (χ4n) is 2.59. The number of methoxy groups -OCH3 is 2. The molecule has 1 aromatic heterocycles. The number of esters is 2. The maximum absolute atomic E-state index is 12.3. The number of carbonyl (C=O) groups is 2. The van der Waals surface area contributed by atoms with E-state index in [1.807, 2.05) is 0 Å². The van der Waals surface area contributed by atoms with Crippen molar-refractivity contribution < 1.29 is 28.3 Å². The van der Waals surface area contributed by atoms with Gasteiger partial charge >= 0.3 is 11.9 Å². The fourth-order valence-corrected chi connectivity index (χ4v) is 2.70. The molecule has 2 heterocycles. The third-order valence-corrected chi connectivity index (χ3v) is 4.06. The Balaban J connectivity index is 2.04. The summed E-state index contributed by atoms with van der Waals surface area (Å²) in [6.45, 7) is -0.00915. The van der Waals surface area contributed by atoms with Crippen LogP contribution in [0.15, 0.2) is 40.1 Å². The summed E-state index contributed by atoms with van der Waals surface area (Å²) in [5, 5.41) is 3.87. The second-order valence-electron chi connectivity index (χ2n) is 5.41. The molecule has 1 aliphatic heterocycles. The second-order valence-corrected chi connectivity index (χ2v) is 5.68. The Morgan fingerprint density at radius 1 is 1.26 bits per heavy atom. The number of benzene rings is 1. The van der Waals surface area contributed by atoms with Crippen molar-refractivity contribution >= 4 is 29.2 Å². The molecule has 1 aliphatic rings. The van der Waals surface area contributed by atoms with Crippen LogP contribution in [-0.4, -0.2) is 49.6 Å². The molecule has 0 aliphatic carbocycles. The standard InChI is InChI=1S/C17H16ClN3O6/c1-24-16(22)12-8-26-9-21(14(12)17(23)25-2)11-5-3-4-10(6-11)15-19-13(7-18)27-20-15/h3-6H,7-9H2,1-2H3. The first kappa shape index (κ1) is 18.9. The summed E-state index contributed by atoms with van der Waals surface area (Å²) in [6.07, 6.45) is 0. The quantitative estimate of drug-likeness (QED) is 0.556. The molecule has 0 saturated heterocycles. The number of hydrogen-bond acceptors (Lipinski definition) is 9. The van der Waals surface area contributed by atoms with Crippen molar-refractivity contribution in [3.05, 3.63) is 41.4 Å². The summed E-state index contributed by atoms with van der Waals surface area (Å²) in [4.78, 5) is 30.1. The Hall–Kier alpha value is -2.91. The zero-order valence-electron chi connectivity index (χ0n) is 14.6. The average molecular weight is 394 g/mol. The fraction of sp³-hybridized carbons (Fsp3) is 0.294. The van der Waals surface area contributed by atoms with Crippen LogP contribution in [0.5, 0.6) is 0 Å². The third kappa shape index (κ3) is 3.79. The maximum atomic E-state index is 12.3. The van der Waals surface area contributed by atoms with E-state index in [1.54, 1.807) is 24.3 Å². The van der Waals surface area contributed by atoms with Crippen molar-refractivity contribution in [1.29, 1.82) is 0 Å². The molecule has 9 nitrogen and oxygen atoms in total. The lowest BCUT2D eigenvalue weighted by atomic mass is 10.1. The molecule has 0 bridgehead atoms. The van der Waals surface area contributed by atoms with Gasteiger partial charge in [-0.2, -0.15) is 4.98 Å². The van der Waals surface area contributed by atoms with Gasteiger partial charge in [-0.1, -0.05) is 17.3 Å². The van der Waals surface area contributed by atoms with Crippen LogP contribution in [0.3, 0.4) is 0 Å². The van der Waals surface area contributed by atoms with E-state index in [2.05, 4.69) is 10.1 Å². The Labute approximate surface area is 159 Å². The highest BCUT2D eigenvalue weighted by molar-refractivity contribution is 6.16. The van der Waals surface area contributed by atoms with Crippen LogP contribution in [0.4, 0.5) is 5.69 Å². The number of aromatic nitrogens is 2. The molecule has 0 spiro atoms. The monoisotopic (exact) mass is 393 g/mol. The molecule has 0 amide bonds. The summed E-state index contributed by atoms with van der Waals surface area (Å²) in [5.41, 5.74) is 1.35. The van der Waals surface area contributed by atoms with Gasteiger partial charge in [-0.25, -0.2) is 9.59 Å². The van der Waals surface area contributed by atoms with Crippen LogP contribution in [0.2, 0.25) is 0 Å². The molecular weight excluding hydrogens is 378 g/mol. The van der Waals surface area contributed by atoms with Crippen LogP contribution < -0.4 is 4.90 Å². The van der Waals surface area contributed by atoms with Crippen molar-refractivity contribution in [1.82, 2.24) is 10.1 Å². The average Bonchev–Trinajstić information content (AvgIpc) is 3.21. The van der Waals surface area contributed by atoms with Gasteiger partial charge in [0.15, 0.2) is 0 Å². The lowest BCUT2D eigenvalue weighted by molar-refractivity contribution is -0.140. The largest absolute Gasteiger partial charge is 0.466 e. The number of ether oxygens (including phenoxy) is 3. The first-order valence-electron chi connectivity index (χ1n) is 7.83. The summed E-state index contributed by atoms with van der Waals surface area (Å²) in [5.74, 6) is -0.595. The van der Waals surface area contributed by atoms with E-state index in [0.29, 0.717) is 23.0 Å². The van der Waals surface area contributed by atoms with Crippen molar-refractivity contribution in [3.8, 4) is 11.4 Å². The van der Waals surface area contributed by atoms with E-state index >= 15 is 0 Å². The topological polar surface area (TPSA) is 104 Å². The number of rotatable bonds is 5. The molecule has 0 atom stereocenters. The highest BCUT2D eigenvalue weighted by Crippen LogP contribution is 2.29. The minimum Gasteiger partial charge on any atom is -0.466 e. The highest BCUT2D eigenvalue weighted by Gasteiger charge is 2.32. The van der Waals surface area contributed by atoms with E-state index in [1.165, 1.54) is 19.1 Å². The van der Waals surface area contributed by atoms with E-state index in [0.717, 1.165) is 0 Å². The molecule has 0 radical (unpaired) electrons. The van der Waals surface area contributed by atoms with Crippen LogP contribution in [0, 0.1) is 0 Å². The summed E-state index contributed by atoms with van der Waals surface area (Å²) in [7, 11) is 2.47. The van der Waals surface area contributed by atoms with Gasteiger partial charge in [-0.15, -0.1) is 11.6 Å². The van der Waals surface area contributed by atoms with Gasteiger partial charge in [0.25, 0.3) is 0 Å². The number of anilines is 1.